The van der Waals surface area contributed by atoms with E-state index in [9.17, 15) is 4.79 Å². The van der Waals surface area contributed by atoms with Crippen LogP contribution in [0.4, 0.5) is 0 Å². The molecule has 2 aromatic heterocycles. The van der Waals surface area contributed by atoms with Gasteiger partial charge >= 0.3 is 0 Å². The molecule has 0 saturated carbocycles. The summed E-state index contributed by atoms with van der Waals surface area (Å²) in [5, 5.41) is 4.14. The van der Waals surface area contributed by atoms with Crippen molar-refractivity contribution in [3.63, 3.8) is 0 Å². The summed E-state index contributed by atoms with van der Waals surface area (Å²) in [7, 11) is 0. The predicted molar refractivity (Wildman–Crippen MR) is 75.5 cm³/mol. The topological polar surface area (TPSA) is 52.7 Å². The quantitative estimate of drug-likeness (QED) is 0.824. The number of pyridine rings is 1. The SMILES string of the molecule is CCCn1ncnc1Cn1cc(Br)cc(Br)c1=O. The zero-order chi connectivity index (χ0) is 13.1. The summed E-state index contributed by atoms with van der Waals surface area (Å²) in [6.07, 6.45) is 4.24. The molecular formula is C11H12Br2N4O. The Morgan fingerprint density at radius 2 is 2.17 bits per heavy atom. The molecule has 2 rings (SSSR count). The molecule has 0 radical (unpaired) electrons. The molecule has 5 nitrogen and oxygen atoms in total. The third-order valence-electron chi connectivity index (χ3n) is 2.45. The third-order valence-corrected chi connectivity index (χ3v) is 3.45. The zero-order valence-electron chi connectivity index (χ0n) is 9.81. The number of aromatic nitrogens is 4. The van der Waals surface area contributed by atoms with Gasteiger partial charge in [-0.15, -0.1) is 0 Å². The van der Waals surface area contributed by atoms with Crippen LogP contribution >= 0.6 is 31.9 Å². The van der Waals surface area contributed by atoms with Gasteiger partial charge in [-0.25, -0.2) is 9.67 Å². The van der Waals surface area contributed by atoms with Crippen LogP contribution in [-0.2, 0) is 13.1 Å². The number of aryl methyl sites for hydroxylation is 1. The number of nitrogens with zero attached hydrogens (tertiary/aromatic N) is 4. The van der Waals surface area contributed by atoms with Gasteiger partial charge in [-0.05, 0) is 44.3 Å². The van der Waals surface area contributed by atoms with Crippen molar-refractivity contribution < 1.29 is 0 Å². The van der Waals surface area contributed by atoms with Crippen molar-refractivity contribution in [2.75, 3.05) is 0 Å². The fraction of sp³-hybridized carbons (Fsp3) is 0.364. The highest BCUT2D eigenvalue weighted by molar-refractivity contribution is 9.11. The second-order valence-electron chi connectivity index (χ2n) is 3.84. The first kappa shape index (κ1) is 13.5. The number of hydrogen-bond donors (Lipinski definition) is 0. The zero-order valence-corrected chi connectivity index (χ0v) is 13.0. The van der Waals surface area contributed by atoms with Gasteiger partial charge in [-0.3, -0.25) is 4.79 Å². The van der Waals surface area contributed by atoms with E-state index in [0.29, 0.717) is 11.0 Å². The van der Waals surface area contributed by atoms with E-state index < -0.39 is 0 Å². The summed E-state index contributed by atoms with van der Waals surface area (Å²) in [5.74, 6) is 0.781. The maximum Gasteiger partial charge on any atom is 0.265 e. The fourth-order valence-electron chi connectivity index (χ4n) is 1.64. The molecule has 0 saturated heterocycles. The van der Waals surface area contributed by atoms with Gasteiger partial charge in [0.1, 0.15) is 12.2 Å². The van der Waals surface area contributed by atoms with Crippen LogP contribution in [0.1, 0.15) is 19.2 Å². The molecule has 2 aromatic rings. The predicted octanol–water partition coefficient (Wildman–Crippen LogP) is 2.42. The van der Waals surface area contributed by atoms with E-state index in [4.69, 9.17) is 0 Å². The van der Waals surface area contributed by atoms with Crippen molar-refractivity contribution in [3.05, 3.63) is 43.7 Å². The van der Waals surface area contributed by atoms with Crippen molar-refractivity contribution in [2.24, 2.45) is 0 Å². The first-order valence-corrected chi connectivity index (χ1v) is 7.12. The van der Waals surface area contributed by atoms with E-state index in [-0.39, 0.29) is 5.56 Å². The number of hydrogen-bond acceptors (Lipinski definition) is 3. The Hall–Kier alpha value is -0.950. The van der Waals surface area contributed by atoms with Crippen molar-refractivity contribution in [1.29, 1.82) is 0 Å². The highest BCUT2D eigenvalue weighted by Crippen LogP contribution is 2.13. The van der Waals surface area contributed by atoms with Crippen molar-refractivity contribution >= 4 is 31.9 Å². The Balaban J connectivity index is 2.34. The van der Waals surface area contributed by atoms with Crippen LogP contribution in [0.2, 0.25) is 0 Å². The van der Waals surface area contributed by atoms with Gasteiger partial charge < -0.3 is 4.57 Å². The molecule has 0 amide bonds. The maximum absolute atomic E-state index is 12.0. The van der Waals surface area contributed by atoms with E-state index in [1.54, 1.807) is 16.8 Å². The molecule has 0 fully saturated rings. The first-order valence-electron chi connectivity index (χ1n) is 5.54. The highest BCUT2D eigenvalue weighted by atomic mass is 79.9. The minimum absolute atomic E-state index is 0.0794. The summed E-state index contributed by atoms with van der Waals surface area (Å²) < 4.78 is 4.79. The third kappa shape index (κ3) is 2.89. The Labute approximate surface area is 121 Å². The molecule has 0 aliphatic rings. The number of rotatable bonds is 4. The van der Waals surface area contributed by atoms with Crippen LogP contribution in [0.15, 0.2) is 32.3 Å². The van der Waals surface area contributed by atoms with Gasteiger partial charge in [-0.2, -0.15) is 5.10 Å². The molecular weight excluding hydrogens is 364 g/mol. The number of halogens is 2. The van der Waals surface area contributed by atoms with Crippen molar-refractivity contribution in [2.45, 2.75) is 26.4 Å². The molecule has 7 heteroatoms. The van der Waals surface area contributed by atoms with Crippen LogP contribution in [0.3, 0.4) is 0 Å². The lowest BCUT2D eigenvalue weighted by Crippen LogP contribution is -2.22. The molecule has 18 heavy (non-hydrogen) atoms. The Bertz CT molecular complexity index is 605. The molecule has 0 atom stereocenters. The lowest BCUT2D eigenvalue weighted by molar-refractivity contribution is 0.550. The first-order chi connectivity index (χ1) is 8.61. The summed E-state index contributed by atoms with van der Waals surface area (Å²) in [5.41, 5.74) is -0.0794. The molecule has 0 unspecified atom stereocenters. The average Bonchev–Trinajstić information content (AvgIpc) is 2.73. The van der Waals surface area contributed by atoms with Gasteiger partial charge in [0.15, 0.2) is 0 Å². The molecule has 0 aliphatic carbocycles. The maximum atomic E-state index is 12.0. The summed E-state index contributed by atoms with van der Waals surface area (Å²) in [4.78, 5) is 16.1. The smallest absolute Gasteiger partial charge is 0.265 e. The lowest BCUT2D eigenvalue weighted by atomic mass is 10.4. The monoisotopic (exact) mass is 374 g/mol. The van der Waals surface area contributed by atoms with E-state index in [1.165, 1.54) is 6.33 Å². The molecule has 0 spiro atoms. The van der Waals surface area contributed by atoms with E-state index >= 15 is 0 Å². The van der Waals surface area contributed by atoms with Gasteiger partial charge in [0, 0.05) is 17.2 Å². The normalized spacial score (nSPS) is 10.8. The van der Waals surface area contributed by atoms with E-state index in [1.807, 2.05) is 4.68 Å². The fourth-order valence-corrected chi connectivity index (χ4v) is 2.90. The highest BCUT2D eigenvalue weighted by Gasteiger charge is 2.08. The molecule has 0 bridgehead atoms. The second-order valence-corrected chi connectivity index (χ2v) is 5.61. The molecule has 0 aromatic carbocycles. The minimum Gasteiger partial charge on any atom is -0.306 e. The second kappa shape index (κ2) is 5.79. The summed E-state index contributed by atoms with van der Waals surface area (Å²) in [6, 6.07) is 1.73. The van der Waals surface area contributed by atoms with Crippen LogP contribution < -0.4 is 5.56 Å². The van der Waals surface area contributed by atoms with E-state index in [0.717, 1.165) is 23.3 Å². The Kier molecular flexibility index (Phi) is 4.34. The molecule has 2 heterocycles. The van der Waals surface area contributed by atoms with E-state index in [2.05, 4.69) is 48.9 Å². The van der Waals surface area contributed by atoms with Crippen LogP contribution in [0.5, 0.6) is 0 Å². The Morgan fingerprint density at radius 3 is 2.89 bits per heavy atom. The lowest BCUT2D eigenvalue weighted by Gasteiger charge is -2.08. The average molecular weight is 376 g/mol. The van der Waals surface area contributed by atoms with Gasteiger partial charge in [0.25, 0.3) is 5.56 Å². The van der Waals surface area contributed by atoms with Crippen LogP contribution in [-0.4, -0.2) is 19.3 Å². The summed E-state index contributed by atoms with van der Waals surface area (Å²) >= 11 is 6.61. The van der Waals surface area contributed by atoms with Crippen LogP contribution in [0.25, 0.3) is 0 Å². The Morgan fingerprint density at radius 1 is 1.39 bits per heavy atom. The summed E-state index contributed by atoms with van der Waals surface area (Å²) in [6.45, 7) is 3.30. The minimum atomic E-state index is -0.0794. The molecule has 96 valence electrons. The van der Waals surface area contributed by atoms with Gasteiger partial charge in [0.05, 0.1) is 11.0 Å². The molecule has 0 N–H and O–H groups in total. The van der Waals surface area contributed by atoms with Gasteiger partial charge in [-0.1, -0.05) is 6.92 Å². The van der Waals surface area contributed by atoms with Crippen molar-refractivity contribution in [1.82, 2.24) is 19.3 Å². The van der Waals surface area contributed by atoms with Crippen LogP contribution in [0, 0.1) is 0 Å². The van der Waals surface area contributed by atoms with Gasteiger partial charge in [0.2, 0.25) is 0 Å². The van der Waals surface area contributed by atoms with Crippen molar-refractivity contribution in [3.8, 4) is 0 Å². The molecule has 0 aliphatic heterocycles. The largest absolute Gasteiger partial charge is 0.306 e. The standard InChI is InChI=1S/C11H12Br2N4O/c1-2-3-17-10(14-7-15-17)6-16-5-8(12)4-9(13)11(16)18/h4-5,7H,2-3,6H2,1H3.